The highest BCUT2D eigenvalue weighted by atomic mass is 16.5. The monoisotopic (exact) mass is 365 g/mol. The molecule has 0 atom stereocenters. The van der Waals surface area contributed by atoms with Gasteiger partial charge in [0.25, 0.3) is 5.91 Å². The van der Waals surface area contributed by atoms with Gasteiger partial charge in [0, 0.05) is 31.2 Å². The first-order valence-electron chi connectivity index (χ1n) is 9.15. The van der Waals surface area contributed by atoms with Gasteiger partial charge in [-0.1, -0.05) is 0 Å². The van der Waals surface area contributed by atoms with Crippen molar-refractivity contribution >= 4 is 17.2 Å². The van der Waals surface area contributed by atoms with E-state index in [9.17, 15) is 4.79 Å². The summed E-state index contributed by atoms with van der Waals surface area (Å²) in [7, 11) is 2.13. The standard InChI is InChI=1S/C20H23N5O2/c1-14-11-21-19-18(12-22-25(19)13-14)20(26)23-15-3-5-16(6-4-15)27-17-7-9-24(2)10-8-17/h3-6,11-13,17H,7-10H2,1-2H3,(H,23,26). The number of ether oxygens (including phenoxy) is 1. The molecule has 0 spiro atoms. The first-order valence-corrected chi connectivity index (χ1v) is 9.15. The predicted octanol–water partition coefficient (Wildman–Crippen LogP) is 2.76. The van der Waals surface area contributed by atoms with Crippen molar-refractivity contribution in [1.82, 2.24) is 19.5 Å². The van der Waals surface area contributed by atoms with Crippen molar-refractivity contribution in [3.05, 3.63) is 54.0 Å². The predicted molar refractivity (Wildman–Crippen MR) is 103 cm³/mol. The first kappa shape index (κ1) is 17.5. The van der Waals surface area contributed by atoms with Crippen LogP contribution in [0.4, 0.5) is 5.69 Å². The molecule has 3 heterocycles. The molecule has 140 valence electrons. The van der Waals surface area contributed by atoms with Gasteiger partial charge in [-0.05, 0) is 56.6 Å². The molecular weight excluding hydrogens is 342 g/mol. The zero-order chi connectivity index (χ0) is 18.8. The highest BCUT2D eigenvalue weighted by molar-refractivity contribution is 6.08. The maximum Gasteiger partial charge on any atom is 0.261 e. The molecule has 0 saturated carbocycles. The van der Waals surface area contributed by atoms with Gasteiger partial charge in [0.2, 0.25) is 0 Å². The lowest BCUT2D eigenvalue weighted by Crippen LogP contribution is -2.35. The molecule has 0 radical (unpaired) electrons. The Kier molecular flexibility index (Phi) is 4.77. The van der Waals surface area contributed by atoms with E-state index in [4.69, 9.17) is 4.74 Å². The molecule has 0 bridgehead atoms. The molecule has 1 N–H and O–H groups in total. The molecule has 1 fully saturated rings. The SMILES string of the molecule is Cc1cnc2c(C(=O)Nc3ccc(OC4CCN(C)CC4)cc3)cnn2c1. The molecule has 1 amide bonds. The van der Waals surface area contributed by atoms with Crippen LogP contribution in [0.1, 0.15) is 28.8 Å². The second kappa shape index (κ2) is 7.36. The van der Waals surface area contributed by atoms with Crippen molar-refractivity contribution in [3.63, 3.8) is 0 Å². The smallest absolute Gasteiger partial charge is 0.261 e. The van der Waals surface area contributed by atoms with E-state index in [2.05, 4.69) is 27.3 Å². The van der Waals surface area contributed by atoms with Crippen LogP contribution < -0.4 is 10.1 Å². The van der Waals surface area contributed by atoms with Crippen LogP contribution in [-0.2, 0) is 0 Å². The second-order valence-corrected chi connectivity index (χ2v) is 7.06. The number of benzene rings is 1. The molecule has 2 aromatic heterocycles. The van der Waals surface area contributed by atoms with Gasteiger partial charge in [-0.2, -0.15) is 5.10 Å². The summed E-state index contributed by atoms with van der Waals surface area (Å²) in [5.41, 5.74) is 2.68. The number of hydrogen-bond donors (Lipinski definition) is 1. The van der Waals surface area contributed by atoms with E-state index in [0.29, 0.717) is 16.9 Å². The lowest BCUT2D eigenvalue weighted by Gasteiger charge is -2.29. The fourth-order valence-corrected chi connectivity index (χ4v) is 3.24. The van der Waals surface area contributed by atoms with Crippen molar-refractivity contribution in [1.29, 1.82) is 0 Å². The number of amides is 1. The van der Waals surface area contributed by atoms with Gasteiger partial charge >= 0.3 is 0 Å². The van der Waals surface area contributed by atoms with E-state index in [0.717, 1.165) is 37.2 Å². The number of rotatable bonds is 4. The summed E-state index contributed by atoms with van der Waals surface area (Å²) in [6.07, 6.45) is 7.44. The zero-order valence-electron chi connectivity index (χ0n) is 15.6. The number of hydrogen-bond acceptors (Lipinski definition) is 5. The Bertz CT molecular complexity index is 943. The maximum absolute atomic E-state index is 12.6. The van der Waals surface area contributed by atoms with E-state index >= 15 is 0 Å². The van der Waals surface area contributed by atoms with E-state index < -0.39 is 0 Å². The Morgan fingerprint density at radius 1 is 1.19 bits per heavy atom. The number of carbonyl (C=O) groups excluding carboxylic acids is 1. The molecule has 3 aromatic rings. The van der Waals surface area contributed by atoms with Crippen molar-refractivity contribution in [2.75, 3.05) is 25.5 Å². The fraction of sp³-hybridized carbons (Fsp3) is 0.350. The molecule has 27 heavy (non-hydrogen) atoms. The molecule has 0 unspecified atom stereocenters. The van der Waals surface area contributed by atoms with Gasteiger partial charge in [-0.25, -0.2) is 9.50 Å². The largest absolute Gasteiger partial charge is 0.490 e. The topological polar surface area (TPSA) is 71.8 Å². The first-order chi connectivity index (χ1) is 13.1. The van der Waals surface area contributed by atoms with Gasteiger partial charge in [-0.15, -0.1) is 0 Å². The Labute approximate surface area is 158 Å². The van der Waals surface area contributed by atoms with Crippen molar-refractivity contribution < 1.29 is 9.53 Å². The van der Waals surface area contributed by atoms with E-state index in [1.54, 1.807) is 10.7 Å². The molecule has 7 heteroatoms. The lowest BCUT2D eigenvalue weighted by atomic mass is 10.1. The molecule has 1 aliphatic heterocycles. The summed E-state index contributed by atoms with van der Waals surface area (Å²) in [4.78, 5) is 19.2. The Morgan fingerprint density at radius 3 is 2.67 bits per heavy atom. The minimum absolute atomic E-state index is 0.231. The van der Waals surface area contributed by atoms with Crippen LogP contribution in [0, 0.1) is 6.92 Å². The summed E-state index contributed by atoms with van der Waals surface area (Å²) in [5.74, 6) is 0.598. The maximum atomic E-state index is 12.6. The number of likely N-dealkylation sites (tertiary alicyclic amines) is 1. The van der Waals surface area contributed by atoms with Gasteiger partial charge in [0.15, 0.2) is 5.65 Å². The molecule has 1 aromatic carbocycles. The number of nitrogens with one attached hydrogen (secondary N) is 1. The zero-order valence-corrected chi connectivity index (χ0v) is 15.6. The summed E-state index contributed by atoms with van der Waals surface area (Å²) in [6, 6.07) is 7.49. The van der Waals surface area contributed by atoms with Crippen LogP contribution in [0.15, 0.2) is 42.9 Å². The summed E-state index contributed by atoms with van der Waals surface area (Å²) in [5, 5.41) is 7.09. The number of aryl methyl sites for hydroxylation is 1. The average molecular weight is 365 g/mol. The second-order valence-electron chi connectivity index (χ2n) is 7.06. The van der Waals surface area contributed by atoms with Gasteiger partial charge in [0.05, 0.1) is 6.20 Å². The van der Waals surface area contributed by atoms with E-state index in [1.807, 2.05) is 37.4 Å². The van der Waals surface area contributed by atoms with Crippen LogP contribution >= 0.6 is 0 Å². The van der Waals surface area contributed by atoms with Crippen LogP contribution in [0.3, 0.4) is 0 Å². The number of nitrogens with zero attached hydrogens (tertiary/aromatic N) is 4. The minimum atomic E-state index is -0.231. The molecule has 1 aliphatic rings. The molecule has 1 saturated heterocycles. The fourth-order valence-electron chi connectivity index (χ4n) is 3.24. The Hall–Kier alpha value is -2.93. The number of carbonyl (C=O) groups is 1. The average Bonchev–Trinajstić information content (AvgIpc) is 3.08. The van der Waals surface area contributed by atoms with Crippen LogP contribution in [-0.4, -0.2) is 51.6 Å². The Morgan fingerprint density at radius 2 is 1.93 bits per heavy atom. The van der Waals surface area contributed by atoms with Crippen LogP contribution in [0.5, 0.6) is 5.75 Å². The molecule has 4 rings (SSSR count). The minimum Gasteiger partial charge on any atom is -0.490 e. The number of piperidine rings is 1. The normalized spacial score (nSPS) is 15.8. The molecular formula is C20H23N5O2. The third-order valence-corrected chi connectivity index (χ3v) is 4.81. The van der Waals surface area contributed by atoms with E-state index in [-0.39, 0.29) is 12.0 Å². The highest BCUT2D eigenvalue weighted by Gasteiger charge is 2.18. The van der Waals surface area contributed by atoms with Crippen LogP contribution in [0.2, 0.25) is 0 Å². The number of fused-ring (bicyclic) bond motifs is 1. The Balaban J connectivity index is 1.41. The third-order valence-electron chi connectivity index (χ3n) is 4.81. The summed E-state index contributed by atoms with van der Waals surface area (Å²) < 4.78 is 7.66. The lowest BCUT2D eigenvalue weighted by molar-refractivity contribution is 0.102. The quantitative estimate of drug-likeness (QED) is 0.770. The van der Waals surface area contributed by atoms with Crippen molar-refractivity contribution in [3.8, 4) is 5.75 Å². The number of anilines is 1. The van der Waals surface area contributed by atoms with Gasteiger partial charge < -0.3 is 15.0 Å². The van der Waals surface area contributed by atoms with Crippen molar-refractivity contribution in [2.45, 2.75) is 25.9 Å². The van der Waals surface area contributed by atoms with Gasteiger partial charge in [0.1, 0.15) is 17.4 Å². The third kappa shape index (κ3) is 3.93. The number of aromatic nitrogens is 3. The summed E-state index contributed by atoms with van der Waals surface area (Å²) in [6.45, 7) is 4.06. The van der Waals surface area contributed by atoms with Crippen LogP contribution in [0.25, 0.3) is 5.65 Å². The molecule has 7 nitrogen and oxygen atoms in total. The van der Waals surface area contributed by atoms with Gasteiger partial charge in [-0.3, -0.25) is 4.79 Å². The van der Waals surface area contributed by atoms with Crippen molar-refractivity contribution in [2.24, 2.45) is 0 Å². The highest BCUT2D eigenvalue weighted by Crippen LogP contribution is 2.21. The van der Waals surface area contributed by atoms with E-state index in [1.165, 1.54) is 6.20 Å². The molecule has 0 aliphatic carbocycles. The summed E-state index contributed by atoms with van der Waals surface area (Å²) >= 11 is 0.